The van der Waals surface area contributed by atoms with Crippen LogP contribution in [0.3, 0.4) is 0 Å². The van der Waals surface area contributed by atoms with Crippen molar-refractivity contribution in [3.05, 3.63) is 82.3 Å². The number of nitrogens with one attached hydrogen (secondary N) is 3. The van der Waals surface area contributed by atoms with Gasteiger partial charge in [0.1, 0.15) is 5.65 Å². The monoisotopic (exact) mass is 551 g/mol. The molecule has 2 aromatic heterocycles. The quantitative estimate of drug-likeness (QED) is 0.254. The molecule has 214 valence electrons. The van der Waals surface area contributed by atoms with Gasteiger partial charge in [-0.25, -0.2) is 4.98 Å². The number of aromatic nitrogens is 3. The van der Waals surface area contributed by atoms with Gasteiger partial charge in [-0.05, 0) is 86.5 Å². The lowest BCUT2D eigenvalue weighted by molar-refractivity contribution is 0.474. The third-order valence-corrected chi connectivity index (χ3v) is 8.74. The second-order valence-corrected chi connectivity index (χ2v) is 11.5. The number of benzene rings is 2. The minimum Gasteiger partial charge on any atom is -0.381 e. The van der Waals surface area contributed by atoms with Crippen molar-refractivity contribution < 1.29 is 0 Å². The number of para-hydroxylation sites is 1. The zero-order valence-electron chi connectivity index (χ0n) is 24.4. The molecular weight excluding hydrogens is 510 g/mol. The van der Waals surface area contributed by atoms with E-state index in [9.17, 15) is 4.79 Å². The Bertz CT molecular complexity index is 1550. The van der Waals surface area contributed by atoms with Crippen LogP contribution in [-0.4, -0.2) is 47.3 Å². The van der Waals surface area contributed by atoms with Crippen LogP contribution in [-0.2, 0) is 6.42 Å². The largest absolute Gasteiger partial charge is 0.381 e. The maximum absolute atomic E-state index is 14.2. The molecule has 4 heterocycles. The Morgan fingerprint density at radius 3 is 2.61 bits per heavy atom. The van der Waals surface area contributed by atoms with Gasteiger partial charge < -0.3 is 20.9 Å². The summed E-state index contributed by atoms with van der Waals surface area (Å²) >= 11 is 0. The van der Waals surface area contributed by atoms with E-state index in [4.69, 9.17) is 4.98 Å². The predicted molar refractivity (Wildman–Crippen MR) is 169 cm³/mol. The fourth-order valence-electron chi connectivity index (χ4n) is 6.51. The van der Waals surface area contributed by atoms with E-state index in [1.807, 2.05) is 29.0 Å². The van der Waals surface area contributed by atoms with E-state index in [0.717, 1.165) is 61.2 Å². The number of hydrogen-bond acceptors (Lipinski definition) is 7. The van der Waals surface area contributed by atoms with E-state index in [-0.39, 0.29) is 17.5 Å². The van der Waals surface area contributed by atoms with Gasteiger partial charge in [0.2, 0.25) is 5.95 Å². The van der Waals surface area contributed by atoms with Gasteiger partial charge in [-0.15, -0.1) is 0 Å². The van der Waals surface area contributed by atoms with Gasteiger partial charge >= 0.3 is 0 Å². The standard InChI is InChI=1S/C33H41N7O/c1-4-22(5-2)29-18-24-19-35-33(37-26-14-12-25(13-15-26)36-27-10-8-16-34-20-27)38-31(24)40(32(29)41)28-17-23-9-6-7-11-30(23)39(3)21-28/h6-7,9,11-15,18-19,22,27-28,34,36H,4-5,8,10,16-17,20-21H2,1-3H3,(H,35,37,38). The second-order valence-electron chi connectivity index (χ2n) is 11.5. The van der Waals surface area contributed by atoms with Gasteiger partial charge in [0.25, 0.3) is 5.56 Å². The molecule has 41 heavy (non-hydrogen) atoms. The summed E-state index contributed by atoms with van der Waals surface area (Å²) < 4.78 is 1.95. The number of anilines is 4. The number of likely N-dealkylation sites (N-methyl/N-ethyl adjacent to an activating group) is 1. The Balaban J connectivity index is 1.34. The van der Waals surface area contributed by atoms with E-state index in [0.29, 0.717) is 17.6 Å². The molecule has 0 radical (unpaired) electrons. The second kappa shape index (κ2) is 11.9. The van der Waals surface area contributed by atoms with Crippen LogP contribution in [0.25, 0.3) is 11.0 Å². The van der Waals surface area contributed by atoms with Crippen molar-refractivity contribution in [3.63, 3.8) is 0 Å². The summed E-state index contributed by atoms with van der Waals surface area (Å²) in [7, 11) is 2.11. The molecule has 0 amide bonds. The summed E-state index contributed by atoms with van der Waals surface area (Å²) in [6.45, 7) is 7.15. The van der Waals surface area contributed by atoms with Crippen molar-refractivity contribution in [1.29, 1.82) is 0 Å². The average Bonchev–Trinajstić information content (AvgIpc) is 3.00. The lowest BCUT2D eigenvalue weighted by Gasteiger charge is -2.35. The van der Waals surface area contributed by atoms with Crippen LogP contribution in [0.4, 0.5) is 23.0 Å². The van der Waals surface area contributed by atoms with Crippen LogP contribution >= 0.6 is 0 Å². The fourth-order valence-corrected chi connectivity index (χ4v) is 6.51. The molecule has 2 aliphatic heterocycles. The molecular formula is C33H41N7O. The molecule has 1 saturated heterocycles. The number of piperidine rings is 1. The van der Waals surface area contributed by atoms with Gasteiger partial charge in [0.05, 0.1) is 6.04 Å². The van der Waals surface area contributed by atoms with E-state index in [2.05, 4.69) is 83.1 Å². The SMILES string of the molecule is CCC(CC)c1cc2cnc(Nc3ccc(NC4CCCNC4)cc3)nc2n(C2Cc3ccccc3N(C)C2)c1=O. The molecule has 0 aliphatic carbocycles. The Morgan fingerprint density at radius 2 is 1.85 bits per heavy atom. The highest BCUT2D eigenvalue weighted by atomic mass is 16.1. The topological polar surface area (TPSA) is 87.1 Å². The van der Waals surface area contributed by atoms with E-state index >= 15 is 0 Å². The molecule has 0 saturated carbocycles. The molecule has 8 heteroatoms. The average molecular weight is 552 g/mol. The smallest absolute Gasteiger partial charge is 0.256 e. The summed E-state index contributed by atoms with van der Waals surface area (Å²) in [5, 5.41) is 11.3. The number of nitrogens with zero attached hydrogens (tertiary/aromatic N) is 4. The van der Waals surface area contributed by atoms with Crippen molar-refractivity contribution in [2.24, 2.45) is 0 Å². The van der Waals surface area contributed by atoms with Crippen LogP contribution in [0.1, 0.15) is 62.6 Å². The summed E-state index contributed by atoms with van der Waals surface area (Å²) in [6.07, 6.45) is 6.88. The summed E-state index contributed by atoms with van der Waals surface area (Å²) in [5.41, 5.74) is 6.11. The molecule has 3 N–H and O–H groups in total. The molecule has 0 spiro atoms. The lowest BCUT2D eigenvalue weighted by atomic mass is 9.93. The minimum atomic E-state index is -0.0263. The Morgan fingerprint density at radius 1 is 1.07 bits per heavy atom. The molecule has 2 unspecified atom stereocenters. The normalized spacial score (nSPS) is 18.9. The van der Waals surface area contributed by atoms with E-state index < -0.39 is 0 Å². The van der Waals surface area contributed by atoms with Crippen molar-refractivity contribution in [2.75, 3.05) is 42.2 Å². The number of hydrogen-bond donors (Lipinski definition) is 3. The summed E-state index contributed by atoms with van der Waals surface area (Å²) in [6, 6.07) is 19.2. The highest BCUT2D eigenvalue weighted by Gasteiger charge is 2.28. The molecule has 0 bridgehead atoms. The third kappa shape index (κ3) is 5.66. The van der Waals surface area contributed by atoms with Gasteiger partial charge in [-0.1, -0.05) is 32.0 Å². The first-order valence-electron chi connectivity index (χ1n) is 15.1. The molecule has 4 aromatic rings. The fraction of sp³-hybridized carbons (Fsp3) is 0.424. The van der Waals surface area contributed by atoms with Gasteiger partial charge in [-0.2, -0.15) is 4.98 Å². The Hall–Kier alpha value is -3.91. The maximum atomic E-state index is 14.2. The highest BCUT2D eigenvalue weighted by molar-refractivity contribution is 5.77. The molecule has 6 rings (SSSR count). The molecule has 2 atom stereocenters. The number of fused-ring (bicyclic) bond motifs is 2. The summed E-state index contributed by atoms with van der Waals surface area (Å²) in [5.74, 6) is 0.698. The molecule has 8 nitrogen and oxygen atoms in total. The van der Waals surface area contributed by atoms with Crippen LogP contribution < -0.4 is 26.4 Å². The van der Waals surface area contributed by atoms with Gasteiger partial charge in [0.15, 0.2) is 0 Å². The Labute approximate surface area is 242 Å². The summed E-state index contributed by atoms with van der Waals surface area (Å²) in [4.78, 5) is 26.1. The zero-order valence-corrected chi connectivity index (χ0v) is 24.4. The number of rotatable bonds is 8. The molecule has 2 aromatic carbocycles. The van der Waals surface area contributed by atoms with Gasteiger partial charge in [0, 0.05) is 60.4 Å². The van der Waals surface area contributed by atoms with Crippen LogP contribution in [0.15, 0.2) is 65.6 Å². The van der Waals surface area contributed by atoms with Crippen molar-refractivity contribution in [1.82, 2.24) is 19.9 Å². The first kappa shape index (κ1) is 27.3. The van der Waals surface area contributed by atoms with Crippen LogP contribution in [0.5, 0.6) is 0 Å². The lowest BCUT2D eigenvalue weighted by Crippen LogP contribution is -2.39. The first-order valence-corrected chi connectivity index (χ1v) is 15.1. The molecule has 2 aliphatic rings. The van der Waals surface area contributed by atoms with E-state index in [1.54, 1.807) is 0 Å². The van der Waals surface area contributed by atoms with Crippen LogP contribution in [0, 0.1) is 0 Å². The van der Waals surface area contributed by atoms with Crippen molar-refractivity contribution in [3.8, 4) is 0 Å². The third-order valence-electron chi connectivity index (χ3n) is 8.74. The molecule has 1 fully saturated rings. The number of pyridine rings is 1. The van der Waals surface area contributed by atoms with Crippen molar-refractivity contribution in [2.45, 2.75) is 64.0 Å². The highest BCUT2D eigenvalue weighted by Crippen LogP contribution is 2.33. The predicted octanol–water partition coefficient (Wildman–Crippen LogP) is 5.84. The van der Waals surface area contributed by atoms with Crippen molar-refractivity contribution >= 4 is 34.0 Å². The van der Waals surface area contributed by atoms with E-state index in [1.165, 1.54) is 24.1 Å². The minimum absolute atomic E-state index is 0.0263. The first-order chi connectivity index (χ1) is 20.0. The van der Waals surface area contributed by atoms with Crippen LogP contribution in [0.2, 0.25) is 0 Å². The van der Waals surface area contributed by atoms with Gasteiger partial charge in [-0.3, -0.25) is 9.36 Å². The Kier molecular flexibility index (Phi) is 7.92. The zero-order chi connectivity index (χ0) is 28.3. The maximum Gasteiger partial charge on any atom is 0.256 e.